The van der Waals surface area contributed by atoms with E-state index >= 15 is 0 Å². The molecule has 8 heteroatoms. The standard InChI is InChI=1S/C21H32N4O3.HI/c1-3-22-21(23-16-17-7-5-8-18(15-17)27-4-2)25-12-10-24(11-13-25)20(26)19-9-6-14-28-19;/h5,7-8,15,19H,3-4,6,9-14,16H2,1-2H3,(H,22,23);1H. The quantitative estimate of drug-likeness (QED) is 0.358. The number of amides is 1. The van der Waals surface area contributed by atoms with Crippen LogP contribution in [0, 0.1) is 0 Å². The minimum absolute atomic E-state index is 0. The number of rotatable bonds is 6. The molecule has 1 aromatic carbocycles. The summed E-state index contributed by atoms with van der Waals surface area (Å²) < 4.78 is 11.1. The van der Waals surface area contributed by atoms with Crippen LogP contribution < -0.4 is 10.1 Å². The van der Waals surface area contributed by atoms with E-state index in [4.69, 9.17) is 14.5 Å². The van der Waals surface area contributed by atoms with Crippen molar-refractivity contribution < 1.29 is 14.3 Å². The highest BCUT2D eigenvalue weighted by Gasteiger charge is 2.30. The lowest BCUT2D eigenvalue weighted by Gasteiger charge is -2.37. The second-order valence-corrected chi connectivity index (χ2v) is 7.06. The van der Waals surface area contributed by atoms with Gasteiger partial charge in [0.25, 0.3) is 5.91 Å². The highest BCUT2D eigenvalue weighted by Crippen LogP contribution is 2.17. The van der Waals surface area contributed by atoms with Crippen molar-refractivity contribution in [1.82, 2.24) is 15.1 Å². The maximum atomic E-state index is 12.5. The predicted octanol–water partition coefficient (Wildman–Crippen LogP) is 2.49. The van der Waals surface area contributed by atoms with Gasteiger partial charge < -0.3 is 24.6 Å². The molecule has 0 radical (unpaired) electrons. The molecule has 2 fully saturated rings. The lowest BCUT2D eigenvalue weighted by Crippen LogP contribution is -2.55. The molecule has 1 aromatic rings. The van der Waals surface area contributed by atoms with Crippen LogP contribution in [0.15, 0.2) is 29.3 Å². The maximum Gasteiger partial charge on any atom is 0.251 e. The molecule has 7 nitrogen and oxygen atoms in total. The van der Waals surface area contributed by atoms with Crippen LogP contribution in [0.3, 0.4) is 0 Å². The highest BCUT2D eigenvalue weighted by atomic mass is 127. The molecule has 2 heterocycles. The van der Waals surface area contributed by atoms with Gasteiger partial charge in [0.1, 0.15) is 11.9 Å². The fraction of sp³-hybridized carbons (Fsp3) is 0.619. The SMILES string of the molecule is CCNC(=NCc1cccc(OCC)c1)N1CCN(C(=O)C2CCCO2)CC1.I. The zero-order chi connectivity index (χ0) is 19.8. The molecule has 29 heavy (non-hydrogen) atoms. The van der Waals surface area contributed by atoms with E-state index < -0.39 is 0 Å². The Balaban J connectivity index is 0.00000300. The van der Waals surface area contributed by atoms with E-state index in [-0.39, 0.29) is 36.0 Å². The van der Waals surface area contributed by atoms with Crippen molar-refractivity contribution in [2.45, 2.75) is 39.3 Å². The molecule has 0 saturated carbocycles. The van der Waals surface area contributed by atoms with E-state index in [1.54, 1.807) is 0 Å². The third-order valence-electron chi connectivity index (χ3n) is 5.05. The number of ether oxygens (including phenoxy) is 2. The van der Waals surface area contributed by atoms with Crippen molar-refractivity contribution in [3.05, 3.63) is 29.8 Å². The number of aliphatic imine (C=N–C) groups is 1. The largest absolute Gasteiger partial charge is 0.494 e. The Morgan fingerprint density at radius 3 is 2.66 bits per heavy atom. The molecular formula is C21H33IN4O3. The second kappa shape index (κ2) is 12.2. The number of nitrogens with one attached hydrogen (secondary N) is 1. The summed E-state index contributed by atoms with van der Waals surface area (Å²) >= 11 is 0. The van der Waals surface area contributed by atoms with Crippen molar-refractivity contribution in [3.8, 4) is 5.75 Å². The summed E-state index contributed by atoms with van der Waals surface area (Å²) in [5, 5.41) is 3.38. The molecule has 2 aliphatic heterocycles. The van der Waals surface area contributed by atoms with Gasteiger partial charge >= 0.3 is 0 Å². The molecule has 1 N–H and O–H groups in total. The molecular weight excluding hydrogens is 483 g/mol. The average molecular weight is 516 g/mol. The second-order valence-electron chi connectivity index (χ2n) is 7.06. The van der Waals surface area contributed by atoms with Gasteiger partial charge in [-0.2, -0.15) is 0 Å². The Kier molecular flexibility index (Phi) is 9.99. The predicted molar refractivity (Wildman–Crippen MR) is 125 cm³/mol. The number of carbonyl (C=O) groups excluding carboxylic acids is 1. The zero-order valence-corrected chi connectivity index (χ0v) is 19.8. The summed E-state index contributed by atoms with van der Waals surface area (Å²) in [5.41, 5.74) is 1.12. The van der Waals surface area contributed by atoms with Crippen LogP contribution in [0.2, 0.25) is 0 Å². The van der Waals surface area contributed by atoms with Gasteiger partial charge in [-0.15, -0.1) is 24.0 Å². The fourth-order valence-corrected chi connectivity index (χ4v) is 3.61. The summed E-state index contributed by atoms with van der Waals surface area (Å²) in [5.74, 6) is 1.92. The summed E-state index contributed by atoms with van der Waals surface area (Å²) in [7, 11) is 0. The van der Waals surface area contributed by atoms with Crippen LogP contribution in [-0.4, -0.2) is 73.7 Å². The van der Waals surface area contributed by atoms with Gasteiger partial charge in [-0.05, 0) is 44.4 Å². The van der Waals surface area contributed by atoms with Crippen LogP contribution >= 0.6 is 24.0 Å². The molecule has 0 aliphatic carbocycles. The fourth-order valence-electron chi connectivity index (χ4n) is 3.61. The Morgan fingerprint density at radius 1 is 1.24 bits per heavy atom. The number of hydrogen-bond acceptors (Lipinski definition) is 4. The van der Waals surface area contributed by atoms with Crippen LogP contribution in [0.4, 0.5) is 0 Å². The van der Waals surface area contributed by atoms with E-state index in [9.17, 15) is 4.79 Å². The van der Waals surface area contributed by atoms with Crippen LogP contribution in [-0.2, 0) is 16.1 Å². The molecule has 1 amide bonds. The average Bonchev–Trinajstić information content (AvgIpc) is 3.26. The molecule has 2 aliphatic rings. The monoisotopic (exact) mass is 516 g/mol. The molecule has 1 unspecified atom stereocenters. The Morgan fingerprint density at radius 2 is 2.00 bits per heavy atom. The lowest BCUT2D eigenvalue weighted by atomic mass is 10.2. The van der Waals surface area contributed by atoms with Crippen molar-refractivity contribution >= 4 is 35.8 Å². The van der Waals surface area contributed by atoms with E-state index in [0.29, 0.717) is 32.8 Å². The van der Waals surface area contributed by atoms with Crippen molar-refractivity contribution in [2.24, 2.45) is 4.99 Å². The third-order valence-corrected chi connectivity index (χ3v) is 5.05. The first-order valence-electron chi connectivity index (χ1n) is 10.4. The maximum absolute atomic E-state index is 12.5. The summed E-state index contributed by atoms with van der Waals surface area (Å²) in [6, 6.07) is 8.06. The van der Waals surface area contributed by atoms with Crippen molar-refractivity contribution in [2.75, 3.05) is 45.9 Å². The topological polar surface area (TPSA) is 66.4 Å². The van der Waals surface area contributed by atoms with Crippen LogP contribution in [0.25, 0.3) is 0 Å². The van der Waals surface area contributed by atoms with Gasteiger partial charge in [0, 0.05) is 39.3 Å². The number of halogens is 1. The molecule has 3 rings (SSSR count). The first-order chi connectivity index (χ1) is 13.7. The third kappa shape index (κ3) is 6.74. The smallest absolute Gasteiger partial charge is 0.251 e. The Bertz CT molecular complexity index is 672. The molecule has 0 spiro atoms. The molecule has 162 valence electrons. The first kappa shape index (κ1) is 23.7. The first-order valence-corrected chi connectivity index (χ1v) is 10.4. The number of benzene rings is 1. The minimum Gasteiger partial charge on any atom is -0.494 e. The number of guanidine groups is 1. The van der Waals surface area contributed by atoms with Gasteiger partial charge in [-0.1, -0.05) is 12.1 Å². The van der Waals surface area contributed by atoms with E-state index in [1.807, 2.05) is 30.0 Å². The summed E-state index contributed by atoms with van der Waals surface area (Å²) in [4.78, 5) is 21.5. The molecule has 1 atom stereocenters. The normalized spacial score (nSPS) is 19.7. The lowest BCUT2D eigenvalue weighted by molar-refractivity contribution is -0.142. The van der Waals surface area contributed by atoms with Gasteiger partial charge in [0.2, 0.25) is 0 Å². The zero-order valence-electron chi connectivity index (χ0n) is 17.4. The van der Waals surface area contributed by atoms with Crippen LogP contribution in [0.1, 0.15) is 32.3 Å². The van der Waals surface area contributed by atoms with E-state index in [2.05, 4.69) is 23.2 Å². The number of piperazine rings is 1. The van der Waals surface area contributed by atoms with E-state index in [0.717, 1.165) is 49.7 Å². The van der Waals surface area contributed by atoms with Crippen molar-refractivity contribution in [1.29, 1.82) is 0 Å². The van der Waals surface area contributed by atoms with Crippen LogP contribution in [0.5, 0.6) is 5.75 Å². The Hall–Kier alpha value is -1.55. The van der Waals surface area contributed by atoms with Crippen molar-refractivity contribution in [3.63, 3.8) is 0 Å². The molecule has 2 saturated heterocycles. The van der Waals surface area contributed by atoms with E-state index in [1.165, 1.54) is 0 Å². The summed E-state index contributed by atoms with van der Waals surface area (Å²) in [6.45, 7) is 9.81. The molecule has 0 bridgehead atoms. The minimum atomic E-state index is -0.230. The highest BCUT2D eigenvalue weighted by molar-refractivity contribution is 14.0. The number of carbonyl (C=O) groups is 1. The number of nitrogens with zero attached hydrogens (tertiary/aromatic N) is 3. The molecule has 0 aromatic heterocycles. The van der Waals surface area contributed by atoms with Gasteiger partial charge in [0.15, 0.2) is 5.96 Å². The van der Waals surface area contributed by atoms with Gasteiger partial charge in [0.05, 0.1) is 13.2 Å². The van der Waals surface area contributed by atoms with Gasteiger partial charge in [-0.3, -0.25) is 4.79 Å². The number of hydrogen-bond donors (Lipinski definition) is 1. The van der Waals surface area contributed by atoms with Gasteiger partial charge in [-0.25, -0.2) is 4.99 Å². The summed E-state index contributed by atoms with van der Waals surface area (Å²) in [6.07, 6.45) is 1.60. The Labute approximate surface area is 190 Å².